The number of aromatic nitrogens is 1. The van der Waals surface area contributed by atoms with Gasteiger partial charge in [0, 0.05) is 5.56 Å². The maximum Gasteiger partial charge on any atom is 0.125 e. The monoisotopic (exact) mass is 355 g/mol. The van der Waals surface area contributed by atoms with Crippen LogP contribution in [0.15, 0.2) is 84.9 Å². The van der Waals surface area contributed by atoms with E-state index >= 15 is 0 Å². The molecule has 0 saturated heterocycles. The zero-order valence-corrected chi connectivity index (χ0v) is 14.6. The Bertz CT molecular complexity index is 1220. The fourth-order valence-corrected chi connectivity index (χ4v) is 4.39. The van der Waals surface area contributed by atoms with Crippen molar-refractivity contribution in [2.45, 2.75) is 0 Å². The molecule has 0 bridgehead atoms. The maximum absolute atomic E-state index is 13.7. The lowest BCUT2D eigenvalue weighted by Crippen LogP contribution is -1.86. The lowest BCUT2D eigenvalue weighted by atomic mass is 9.95. The fraction of sp³-hybridized carbons (Fsp3) is 0. The zero-order valence-electron chi connectivity index (χ0n) is 13.8. The highest BCUT2D eigenvalue weighted by atomic mass is 32.1. The van der Waals surface area contributed by atoms with Gasteiger partial charge in [-0.2, -0.15) is 0 Å². The Balaban J connectivity index is 1.77. The highest BCUT2D eigenvalue weighted by molar-refractivity contribution is 7.21. The van der Waals surface area contributed by atoms with Crippen molar-refractivity contribution in [1.82, 2.24) is 4.98 Å². The summed E-state index contributed by atoms with van der Waals surface area (Å²) in [5.74, 6) is -0.221. The quantitative estimate of drug-likeness (QED) is 0.335. The van der Waals surface area contributed by atoms with Crippen LogP contribution in [0.25, 0.3) is 42.7 Å². The minimum Gasteiger partial charge on any atom is -0.236 e. The molecule has 0 radical (unpaired) electrons. The van der Waals surface area contributed by atoms with Crippen LogP contribution in [0.2, 0.25) is 0 Å². The topological polar surface area (TPSA) is 12.9 Å². The second-order valence-electron chi connectivity index (χ2n) is 6.20. The van der Waals surface area contributed by atoms with Gasteiger partial charge in [0.15, 0.2) is 0 Å². The summed E-state index contributed by atoms with van der Waals surface area (Å²) >= 11 is 1.70. The van der Waals surface area contributed by atoms with E-state index in [2.05, 4.69) is 30.3 Å². The lowest BCUT2D eigenvalue weighted by molar-refractivity contribution is 0.628. The van der Waals surface area contributed by atoms with Crippen molar-refractivity contribution < 1.29 is 4.39 Å². The van der Waals surface area contributed by atoms with Crippen LogP contribution in [0.3, 0.4) is 0 Å². The average Bonchev–Trinajstić information content (AvgIpc) is 3.11. The molecule has 0 aliphatic rings. The molecule has 0 N–H and O–H groups in total. The first-order valence-electron chi connectivity index (χ1n) is 8.43. The number of para-hydroxylation sites is 1. The average molecular weight is 355 g/mol. The van der Waals surface area contributed by atoms with E-state index in [1.54, 1.807) is 23.5 Å². The van der Waals surface area contributed by atoms with Crippen LogP contribution in [0.5, 0.6) is 0 Å². The van der Waals surface area contributed by atoms with Gasteiger partial charge >= 0.3 is 0 Å². The van der Waals surface area contributed by atoms with Crippen LogP contribution < -0.4 is 0 Å². The second-order valence-corrected chi connectivity index (χ2v) is 7.23. The molecule has 0 fully saturated rings. The number of halogens is 1. The Morgan fingerprint density at radius 1 is 0.692 bits per heavy atom. The molecule has 4 aromatic carbocycles. The third-order valence-electron chi connectivity index (χ3n) is 4.58. The number of nitrogens with zero attached hydrogens (tertiary/aromatic N) is 1. The van der Waals surface area contributed by atoms with Crippen LogP contribution in [0.1, 0.15) is 0 Å². The summed E-state index contributed by atoms with van der Waals surface area (Å²) in [6.07, 6.45) is 0. The van der Waals surface area contributed by atoms with E-state index in [-0.39, 0.29) is 5.82 Å². The standard InChI is InChI=1S/C23H14FNS/c24-16-7-5-6-15(14-16)17-12-13-20(19-9-2-1-8-18(17)19)23-25-21-10-3-4-11-22(21)26-23/h1-14H. The van der Waals surface area contributed by atoms with Gasteiger partial charge in [-0.1, -0.05) is 60.7 Å². The highest BCUT2D eigenvalue weighted by Gasteiger charge is 2.12. The predicted octanol–water partition coefficient (Wildman–Crippen LogP) is 6.92. The van der Waals surface area contributed by atoms with Gasteiger partial charge in [-0.15, -0.1) is 11.3 Å². The molecule has 5 rings (SSSR count). The maximum atomic E-state index is 13.7. The summed E-state index contributed by atoms with van der Waals surface area (Å²) in [4.78, 5) is 4.81. The third kappa shape index (κ3) is 2.49. The Hall–Kier alpha value is -3.04. The van der Waals surface area contributed by atoms with Crippen molar-refractivity contribution in [2.75, 3.05) is 0 Å². The van der Waals surface area contributed by atoms with Gasteiger partial charge in [-0.25, -0.2) is 9.37 Å². The Morgan fingerprint density at radius 2 is 1.42 bits per heavy atom. The van der Waals surface area contributed by atoms with E-state index < -0.39 is 0 Å². The second kappa shape index (κ2) is 6.04. The van der Waals surface area contributed by atoms with Gasteiger partial charge in [-0.05, 0) is 46.2 Å². The molecule has 0 aliphatic carbocycles. The molecular formula is C23H14FNS. The first kappa shape index (κ1) is 15.2. The van der Waals surface area contributed by atoms with Crippen molar-refractivity contribution in [3.63, 3.8) is 0 Å². The van der Waals surface area contributed by atoms with Gasteiger partial charge in [0.25, 0.3) is 0 Å². The minimum atomic E-state index is -0.221. The summed E-state index contributed by atoms with van der Waals surface area (Å²) in [5.41, 5.74) is 4.05. The zero-order chi connectivity index (χ0) is 17.5. The summed E-state index contributed by atoms with van der Waals surface area (Å²) < 4.78 is 14.9. The molecule has 0 atom stereocenters. The van der Waals surface area contributed by atoms with Crippen molar-refractivity contribution >= 4 is 32.3 Å². The fourth-order valence-electron chi connectivity index (χ4n) is 3.38. The van der Waals surface area contributed by atoms with Crippen LogP contribution in [-0.4, -0.2) is 4.98 Å². The minimum absolute atomic E-state index is 0.221. The SMILES string of the molecule is Fc1cccc(-c2ccc(-c3nc4ccccc4s3)c3ccccc23)c1. The molecule has 0 amide bonds. The Kier molecular flexibility index (Phi) is 3.54. The van der Waals surface area contributed by atoms with Crippen molar-refractivity contribution in [3.05, 3.63) is 90.7 Å². The van der Waals surface area contributed by atoms with E-state index in [0.717, 1.165) is 38.0 Å². The number of hydrogen-bond donors (Lipinski definition) is 0. The van der Waals surface area contributed by atoms with E-state index in [0.29, 0.717) is 0 Å². The number of hydrogen-bond acceptors (Lipinski definition) is 2. The molecule has 26 heavy (non-hydrogen) atoms. The van der Waals surface area contributed by atoms with Crippen molar-refractivity contribution in [1.29, 1.82) is 0 Å². The Labute approximate surface area is 154 Å². The summed E-state index contributed by atoms with van der Waals surface area (Å²) in [6, 6.07) is 27.4. The highest BCUT2D eigenvalue weighted by Crippen LogP contribution is 2.38. The normalized spacial score (nSPS) is 11.3. The van der Waals surface area contributed by atoms with E-state index in [4.69, 9.17) is 4.98 Å². The van der Waals surface area contributed by atoms with Gasteiger partial charge in [0.1, 0.15) is 10.8 Å². The number of benzene rings is 4. The smallest absolute Gasteiger partial charge is 0.125 e. The summed E-state index contributed by atoms with van der Waals surface area (Å²) in [6.45, 7) is 0. The predicted molar refractivity (Wildman–Crippen MR) is 108 cm³/mol. The van der Waals surface area contributed by atoms with E-state index in [1.165, 1.54) is 10.8 Å². The molecule has 1 heterocycles. The molecule has 0 saturated carbocycles. The van der Waals surface area contributed by atoms with Crippen LogP contribution in [0.4, 0.5) is 4.39 Å². The van der Waals surface area contributed by atoms with Crippen LogP contribution in [-0.2, 0) is 0 Å². The Morgan fingerprint density at radius 3 is 2.23 bits per heavy atom. The third-order valence-corrected chi connectivity index (χ3v) is 5.65. The number of thiazole rings is 1. The van der Waals surface area contributed by atoms with Gasteiger partial charge in [0.05, 0.1) is 10.2 Å². The van der Waals surface area contributed by atoms with E-state index in [9.17, 15) is 4.39 Å². The molecule has 0 aliphatic heterocycles. The van der Waals surface area contributed by atoms with Gasteiger partial charge in [-0.3, -0.25) is 0 Å². The molecule has 1 nitrogen and oxygen atoms in total. The molecule has 0 unspecified atom stereocenters. The molecule has 3 heteroatoms. The van der Waals surface area contributed by atoms with Crippen LogP contribution >= 0.6 is 11.3 Å². The van der Waals surface area contributed by atoms with Crippen molar-refractivity contribution in [3.8, 4) is 21.7 Å². The van der Waals surface area contributed by atoms with E-state index in [1.807, 2.05) is 36.4 Å². The number of fused-ring (bicyclic) bond motifs is 2. The lowest BCUT2D eigenvalue weighted by Gasteiger charge is -2.10. The first-order chi connectivity index (χ1) is 12.8. The summed E-state index contributed by atoms with van der Waals surface area (Å²) in [5, 5.41) is 3.25. The first-order valence-corrected chi connectivity index (χ1v) is 9.25. The molecule has 1 aromatic heterocycles. The summed E-state index contributed by atoms with van der Waals surface area (Å²) in [7, 11) is 0. The van der Waals surface area contributed by atoms with Gasteiger partial charge in [0.2, 0.25) is 0 Å². The molecule has 124 valence electrons. The van der Waals surface area contributed by atoms with Gasteiger partial charge < -0.3 is 0 Å². The molecule has 0 spiro atoms. The van der Waals surface area contributed by atoms with Crippen LogP contribution in [0, 0.1) is 5.82 Å². The molecular weight excluding hydrogens is 341 g/mol. The molecule has 5 aromatic rings. The van der Waals surface area contributed by atoms with Crippen molar-refractivity contribution in [2.24, 2.45) is 0 Å². The largest absolute Gasteiger partial charge is 0.236 e. The number of rotatable bonds is 2.